The van der Waals surface area contributed by atoms with E-state index in [2.05, 4.69) is 4.98 Å². The molecule has 0 N–H and O–H groups in total. The zero-order valence-corrected chi connectivity index (χ0v) is 14.3. The molecule has 2 fully saturated rings. The number of aromatic nitrogens is 1. The maximum absolute atomic E-state index is 12.2. The smallest absolute Gasteiger partial charge is 0.248 e. The van der Waals surface area contributed by atoms with Gasteiger partial charge in [-0.25, -0.2) is 0 Å². The Hall–Kier alpha value is -1.50. The van der Waals surface area contributed by atoms with E-state index in [1.807, 2.05) is 24.0 Å². The molecule has 24 heavy (non-hydrogen) atoms. The average Bonchev–Trinajstić information content (AvgIpc) is 3.01. The largest absolute Gasteiger partial charge is 0.372 e. The number of piperidine rings is 1. The summed E-state index contributed by atoms with van der Waals surface area (Å²) in [6.07, 6.45) is 6.43. The predicted molar refractivity (Wildman–Crippen MR) is 88.4 cm³/mol. The lowest BCUT2D eigenvalue weighted by molar-refractivity contribution is -0.143. The van der Waals surface area contributed by atoms with Gasteiger partial charge in [0.2, 0.25) is 5.91 Å². The van der Waals surface area contributed by atoms with Crippen LogP contribution in [0.15, 0.2) is 24.5 Å². The van der Waals surface area contributed by atoms with E-state index in [0.717, 1.165) is 31.4 Å². The van der Waals surface area contributed by atoms with Gasteiger partial charge in [-0.2, -0.15) is 0 Å². The molecule has 2 aliphatic heterocycles. The highest BCUT2D eigenvalue weighted by molar-refractivity contribution is 5.77. The van der Waals surface area contributed by atoms with Gasteiger partial charge in [-0.1, -0.05) is 0 Å². The predicted octanol–water partition coefficient (Wildman–Crippen LogP) is 1.78. The van der Waals surface area contributed by atoms with E-state index in [0.29, 0.717) is 26.4 Å². The van der Waals surface area contributed by atoms with Crippen LogP contribution < -0.4 is 0 Å². The minimum Gasteiger partial charge on any atom is -0.372 e. The molecule has 6 heteroatoms. The summed E-state index contributed by atoms with van der Waals surface area (Å²) in [6, 6.07) is 3.92. The first-order valence-electron chi connectivity index (χ1n) is 8.71. The number of hydrogen-bond donors (Lipinski definition) is 0. The molecule has 1 spiro atoms. The molecule has 0 unspecified atom stereocenters. The molecule has 3 rings (SSSR count). The zero-order valence-electron chi connectivity index (χ0n) is 14.3. The summed E-state index contributed by atoms with van der Waals surface area (Å²) in [4.78, 5) is 18.1. The molecule has 0 aliphatic carbocycles. The van der Waals surface area contributed by atoms with Crippen molar-refractivity contribution in [2.45, 2.75) is 44.5 Å². The Kier molecular flexibility index (Phi) is 5.81. The SMILES string of the molecule is CCOCC(=O)N1CCC[C@@]2(C[C@@H](OCc3ccncc3)CO2)C1. The molecule has 2 atom stereocenters. The van der Waals surface area contributed by atoms with E-state index in [1.165, 1.54) is 0 Å². The van der Waals surface area contributed by atoms with Crippen molar-refractivity contribution in [1.29, 1.82) is 0 Å². The van der Waals surface area contributed by atoms with Gasteiger partial charge in [-0.05, 0) is 37.5 Å². The molecule has 1 amide bonds. The molecule has 132 valence electrons. The van der Waals surface area contributed by atoms with E-state index in [1.54, 1.807) is 12.4 Å². The second-order valence-corrected chi connectivity index (χ2v) is 6.54. The first-order chi connectivity index (χ1) is 11.7. The molecule has 0 radical (unpaired) electrons. The Bertz CT molecular complexity index is 539. The molecular formula is C18H26N2O4. The van der Waals surface area contributed by atoms with Crippen LogP contribution in [0.25, 0.3) is 0 Å². The molecule has 0 saturated carbocycles. The van der Waals surface area contributed by atoms with Gasteiger partial charge < -0.3 is 19.1 Å². The van der Waals surface area contributed by atoms with Gasteiger partial charge in [0.05, 0.1) is 24.9 Å². The number of pyridine rings is 1. The molecule has 1 aromatic rings. The first kappa shape index (κ1) is 17.3. The average molecular weight is 334 g/mol. The molecule has 6 nitrogen and oxygen atoms in total. The molecule has 3 heterocycles. The highest BCUT2D eigenvalue weighted by Crippen LogP contribution is 2.36. The van der Waals surface area contributed by atoms with E-state index in [9.17, 15) is 4.79 Å². The molecule has 1 aromatic heterocycles. The normalized spacial score (nSPS) is 26.9. The Morgan fingerprint density at radius 3 is 3.08 bits per heavy atom. The Morgan fingerprint density at radius 1 is 1.46 bits per heavy atom. The highest BCUT2D eigenvalue weighted by Gasteiger charge is 2.44. The van der Waals surface area contributed by atoms with Gasteiger partial charge in [0.1, 0.15) is 6.61 Å². The van der Waals surface area contributed by atoms with Crippen LogP contribution >= 0.6 is 0 Å². The number of carbonyl (C=O) groups excluding carboxylic acids is 1. The Labute approximate surface area is 143 Å². The molecule has 0 aromatic carbocycles. The van der Waals surface area contributed by atoms with Crippen LogP contribution in [0.2, 0.25) is 0 Å². The number of ether oxygens (including phenoxy) is 3. The van der Waals surface area contributed by atoms with Crippen molar-refractivity contribution in [2.75, 3.05) is 32.9 Å². The Morgan fingerprint density at radius 2 is 2.29 bits per heavy atom. The fourth-order valence-electron chi connectivity index (χ4n) is 3.48. The van der Waals surface area contributed by atoms with E-state index >= 15 is 0 Å². The van der Waals surface area contributed by atoms with Crippen molar-refractivity contribution < 1.29 is 19.0 Å². The molecule has 2 saturated heterocycles. The number of likely N-dealkylation sites (tertiary alicyclic amines) is 1. The summed E-state index contributed by atoms with van der Waals surface area (Å²) in [6.45, 7) is 5.22. The van der Waals surface area contributed by atoms with Crippen LogP contribution in [-0.4, -0.2) is 60.4 Å². The van der Waals surface area contributed by atoms with E-state index in [4.69, 9.17) is 14.2 Å². The van der Waals surface area contributed by atoms with E-state index in [-0.39, 0.29) is 24.2 Å². The van der Waals surface area contributed by atoms with Crippen LogP contribution in [0.3, 0.4) is 0 Å². The van der Waals surface area contributed by atoms with Crippen molar-refractivity contribution in [3.8, 4) is 0 Å². The first-order valence-corrected chi connectivity index (χ1v) is 8.71. The van der Waals surface area contributed by atoms with Crippen LogP contribution in [0.1, 0.15) is 31.7 Å². The molecule has 2 aliphatic rings. The fourth-order valence-corrected chi connectivity index (χ4v) is 3.48. The second kappa shape index (κ2) is 8.05. The van der Waals surface area contributed by atoms with E-state index < -0.39 is 0 Å². The third-order valence-corrected chi connectivity index (χ3v) is 4.73. The second-order valence-electron chi connectivity index (χ2n) is 6.54. The van der Waals surface area contributed by atoms with Crippen LogP contribution in [0.4, 0.5) is 0 Å². The number of rotatable bonds is 6. The third-order valence-electron chi connectivity index (χ3n) is 4.73. The number of carbonyl (C=O) groups is 1. The van der Waals surface area contributed by atoms with Crippen molar-refractivity contribution in [2.24, 2.45) is 0 Å². The Balaban J connectivity index is 1.50. The monoisotopic (exact) mass is 334 g/mol. The van der Waals surface area contributed by atoms with Gasteiger partial charge in [-0.15, -0.1) is 0 Å². The summed E-state index contributed by atoms with van der Waals surface area (Å²) in [7, 11) is 0. The van der Waals surface area contributed by atoms with Gasteiger partial charge in [0.25, 0.3) is 0 Å². The standard InChI is InChI=1S/C18H26N2O4/c1-2-22-13-17(21)20-9-3-6-18(14-20)10-16(12-24-18)23-11-15-4-7-19-8-5-15/h4-5,7-8,16H,2-3,6,9-14H2,1H3/t16-,18-/m1/s1. The van der Waals surface area contributed by atoms with Crippen LogP contribution in [0.5, 0.6) is 0 Å². The van der Waals surface area contributed by atoms with Crippen molar-refractivity contribution in [3.63, 3.8) is 0 Å². The minimum absolute atomic E-state index is 0.0562. The lowest BCUT2D eigenvalue weighted by Crippen LogP contribution is -2.51. The number of amides is 1. The number of nitrogens with zero attached hydrogens (tertiary/aromatic N) is 2. The number of hydrogen-bond acceptors (Lipinski definition) is 5. The van der Waals surface area contributed by atoms with Gasteiger partial charge in [0, 0.05) is 38.5 Å². The highest BCUT2D eigenvalue weighted by atomic mass is 16.6. The van der Waals surface area contributed by atoms with Gasteiger partial charge in [0.15, 0.2) is 0 Å². The van der Waals surface area contributed by atoms with Crippen molar-refractivity contribution >= 4 is 5.91 Å². The third kappa shape index (κ3) is 4.32. The maximum Gasteiger partial charge on any atom is 0.248 e. The summed E-state index contributed by atoms with van der Waals surface area (Å²) in [5.74, 6) is 0.0562. The van der Waals surface area contributed by atoms with Crippen molar-refractivity contribution in [3.05, 3.63) is 30.1 Å². The topological polar surface area (TPSA) is 60.9 Å². The van der Waals surface area contributed by atoms with Gasteiger partial charge in [-0.3, -0.25) is 9.78 Å². The molecule has 0 bridgehead atoms. The summed E-state index contributed by atoms with van der Waals surface area (Å²) < 4.78 is 17.3. The van der Waals surface area contributed by atoms with Crippen LogP contribution in [-0.2, 0) is 25.6 Å². The van der Waals surface area contributed by atoms with Crippen molar-refractivity contribution in [1.82, 2.24) is 9.88 Å². The van der Waals surface area contributed by atoms with Gasteiger partial charge >= 0.3 is 0 Å². The molecular weight excluding hydrogens is 308 g/mol. The maximum atomic E-state index is 12.2. The minimum atomic E-state index is -0.247. The quantitative estimate of drug-likeness (QED) is 0.794. The lowest BCUT2D eigenvalue weighted by Gasteiger charge is -2.39. The zero-order chi connectivity index (χ0) is 16.8. The summed E-state index contributed by atoms with van der Waals surface area (Å²) >= 11 is 0. The summed E-state index contributed by atoms with van der Waals surface area (Å²) in [5, 5.41) is 0. The fraction of sp³-hybridized carbons (Fsp3) is 0.667. The van der Waals surface area contributed by atoms with Crippen LogP contribution in [0, 0.1) is 0 Å². The lowest BCUT2D eigenvalue weighted by atomic mass is 9.89. The summed E-state index contributed by atoms with van der Waals surface area (Å²) in [5.41, 5.74) is 0.867.